The molecular formula is C23H29N2O3P. The van der Waals surface area contributed by atoms with E-state index in [0.717, 1.165) is 25.3 Å². The molecule has 3 aromatic rings. The van der Waals surface area contributed by atoms with E-state index in [-0.39, 0.29) is 0 Å². The first-order valence-corrected chi connectivity index (χ1v) is 11.4. The van der Waals surface area contributed by atoms with E-state index in [1.165, 1.54) is 34.0 Å². The van der Waals surface area contributed by atoms with Gasteiger partial charge in [0, 0.05) is 40.6 Å². The van der Waals surface area contributed by atoms with Gasteiger partial charge in [0.25, 0.3) is 0 Å². The zero-order valence-electron chi connectivity index (χ0n) is 17.2. The maximum absolute atomic E-state index is 9.47. The van der Waals surface area contributed by atoms with Gasteiger partial charge in [0.2, 0.25) is 0 Å². The SMILES string of the molecule is COc1cc(C)c2[nH]ccc2c1CN1CCC(C)C[C@@H]1c1ccc(P(O)O)cc1. The number of rotatable bonds is 5. The fourth-order valence-electron chi connectivity index (χ4n) is 4.54. The summed E-state index contributed by atoms with van der Waals surface area (Å²) in [6, 6.07) is 12.3. The van der Waals surface area contributed by atoms with E-state index in [4.69, 9.17) is 4.74 Å². The molecule has 0 spiro atoms. The van der Waals surface area contributed by atoms with Crippen molar-refractivity contribution in [1.82, 2.24) is 9.88 Å². The molecule has 1 aliphatic rings. The van der Waals surface area contributed by atoms with Gasteiger partial charge >= 0.3 is 0 Å². The third-order valence-electron chi connectivity index (χ3n) is 6.18. The van der Waals surface area contributed by atoms with Gasteiger partial charge in [0.15, 0.2) is 8.38 Å². The second kappa shape index (κ2) is 8.45. The van der Waals surface area contributed by atoms with Crippen LogP contribution in [-0.4, -0.2) is 33.3 Å². The molecule has 2 aromatic carbocycles. The smallest absolute Gasteiger partial charge is 0.199 e. The van der Waals surface area contributed by atoms with Crippen molar-refractivity contribution in [1.29, 1.82) is 0 Å². The molecule has 1 unspecified atom stereocenters. The Kier molecular flexibility index (Phi) is 5.93. The minimum absolute atomic E-state index is 0.302. The molecule has 154 valence electrons. The highest BCUT2D eigenvalue weighted by molar-refractivity contribution is 7.54. The van der Waals surface area contributed by atoms with Crippen LogP contribution < -0.4 is 10.0 Å². The number of aromatic amines is 1. The molecule has 1 saturated heterocycles. The summed E-state index contributed by atoms with van der Waals surface area (Å²) >= 11 is 0. The van der Waals surface area contributed by atoms with Crippen LogP contribution >= 0.6 is 8.38 Å². The first-order valence-electron chi connectivity index (χ1n) is 10.1. The largest absolute Gasteiger partial charge is 0.496 e. The lowest BCUT2D eigenvalue weighted by Crippen LogP contribution is -2.36. The van der Waals surface area contributed by atoms with Crippen LogP contribution in [0.4, 0.5) is 0 Å². The van der Waals surface area contributed by atoms with Gasteiger partial charge in [-0.1, -0.05) is 19.1 Å². The third-order valence-corrected chi connectivity index (χ3v) is 6.94. The summed E-state index contributed by atoms with van der Waals surface area (Å²) in [7, 11) is -0.300. The summed E-state index contributed by atoms with van der Waals surface area (Å²) < 4.78 is 5.76. The molecule has 29 heavy (non-hydrogen) atoms. The molecule has 1 fully saturated rings. The number of benzene rings is 2. The summed E-state index contributed by atoms with van der Waals surface area (Å²) in [6.45, 7) is 6.28. The Morgan fingerprint density at radius 3 is 2.66 bits per heavy atom. The normalized spacial score (nSPS) is 20.5. The van der Waals surface area contributed by atoms with Crippen molar-refractivity contribution in [3.8, 4) is 5.75 Å². The molecule has 3 N–H and O–H groups in total. The number of methoxy groups -OCH3 is 1. The van der Waals surface area contributed by atoms with Crippen LogP contribution in [0.5, 0.6) is 5.75 Å². The van der Waals surface area contributed by atoms with E-state index < -0.39 is 8.38 Å². The van der Waals surface area contributed by atoms with Crippen LogP contribution in [0.15, 0.2) is 42.6 Å². The molecule has 1 aromatic heterocycles. The average molecular weight is 412 g/mol. The van der Waals surface area contributed by atoms with Gasteiger partial charge in [0.1, 0.15) is 5.75 Å². The molecule has 2 heterocycles. The van der Waals surface area contributed by atoms with Gasteiger partial charge in [-0.25, -0.2) is 0 Å². The molecule has 5 nitrogen and oxygen atoms in total. The number of aromatic nitrogens is 1. The minimum Gasteiger partial charge on any atom is -0.496 e. The Labute approximate surface area is 173 Å². The highest BCUT2D eigenvalue weighted by Crippen LogP contribution is 2.38. The van der Waals surface area contributed by atoms with Crippen molar-refractivity contribution in [2.45, 2.75) is 39.3 Å². The Bertz CT molecular complexity index is 984. The van der Waals surface area contributed by atoms with E-state index in [9.17, 15) is 9.79 Å². The van der Waals surface area contributed by atoms with E-state index in [1.807, 2.05) is 30.5 Å². The lowest BCUT2D eigenvalue weighted by atomic mass is 9.87. The zero-order valence-corrected chi connectivity index (χ0v) is 18.1. The molecule has 0 aliphatic carbocycles. The molecular weight excluding hydrogens is 383 g/mol. The summed E-state index contributed by atoms with van der Waals surface area (Å²) in [5.41, 5.74) is 4.81. The van der Waals surface area contributed by atoms with Crippen molar-refractivity contribution in [3.63, 3.8) is 0 Å². The van der Waals surface area contributed by atoms with Crippen LogP contribution in [-0.2, 0) is 6.54 Å². The van der Waals surface area contributed by atoms with Gasteiger partial charge in [-0.2, -0.15) is 0 Å². The van der Waals surface area contributed by atoms with Crippen molar-refractivity contribution in [2.75, 3.05) is 13.7 Å². The van der Waals surface area contributed by atoms with Crippen LogP contribution in [0.1, 0.15) is 42.5 Å². The fraction of sp³-hybridized carbons (Fsp3) is 0.391. The number of nitrogens with zero attached hydrogens (tertiary/aromatic N) is 1. The number of aryl methyl sites for hydroxylation is 1. The first-order chi connectivity index (χ1) is 14.0. The lowest BCUT2D eigenvalue weighted by molar-refractivity contribution is 0.110. The molecule has 0 saturated carbocycles. The zero-order chi connectivity index (χ0) is 20.5. The number of H-pyrrole nitrogens is 1. The number of nitrogens with one attached hydrogen (secondary N) is 1. The van der Waals surface area contributed by atoms with Crippen molar-refractivity contribution < 1.29 is 14.5 Å². The third kappa shape index (κ3) is 4.06. The number of hydrogen-bond donors (Lipinski definition) is 3. The summed E-state index contributed by atoms with van der Waals surface area (Å²) in [4.78, 5) is 24.8. The van der Waals surface area contributed by atoms with Gasteiger partial charge in [-0.15, -0.1) is 0 Å². The maximum Gasteiger partial charge on any atom is 0.199 e. The molecule has 2 atom stereocenters. The fourth-order valence-corrected chi connectivity index (χ4v) is 4.96. The second-order valence-corrected chi connectivity index (χ2v) is 9.23. The summed E-state index contributed by atoms with van der Waals surface area (Å²) in [5.74, 6) is 1.60. The number of fused-ring (bicyclic) bond motifs is 1. The van der Waals surface area contributed by atoms with Crippen LogP contribution in [0.2, 0.25) is 0 Å². The number of likely N-dealkylation sites (tertiary alicyclic amines) is 1. The Balaban J connectivity index is 1.69. The quantitative estimate of drug-likeness (QED) is 0.544. The van der Waals surface area contributed by atoms with E-state index in [2.05, 4.69) is 35.9 Å². The van der Waals surface area contributed by atoms with Crippen molar-refractivity contribution in [2.24, 2.45) is 5.92 Å². The predicted molar refractivity (Wildman–Crippen MR) is 119 cm³/mol. The number of ether oxygens (including phenoxy) is 1. The summed E-state index contributed by atoms with van der Waals surface area (Å²) in [6.07, 6.45) is 4.27. The first kappa shape index (κ1) is 20.4. The van der Waals surface area contributed by atoms with Crippen molar-refractivity contribution >= 4 is 24.6 Å². The monoisotopic (exact) mass is 412 g/mol. The molecule has 0 radical (unpaired) electrons. The van der Waals surface area contributed by atoms with E-state index in [0.29, 0.717) is 17.3 Å². The van der Waals surface area contributed by atoms with Crippen LogP contribution in [0.3, 0.4) is 0 Å². The van der Waals surface area contributed by atoms with Crippen molar-refractivity contribution in [3.05, 3.63) is 59.3 Å². The Hall–Kier alpha value is -1.91. The second-order valence-electron chi connectivity index (χ2n) is 8.14. The van der Waals surface area contributed by atoms with Crippen LogP contribution in [0, 0.1) is 12.8 Å². The summed E-state index contributed by atoms with van der Waals surface area (Å²) in [5, 5.41) is 1.81. The lowest BCUT2D eigenvalue weighted by Gasteiger charge is -2.39. The minimum atomic E-state index is -2.04. The molecule has 6 heteroatoms. The molecule has 0 bridgehead atoms. The topological polar surface area (TPSA) is 68.7 Å². The predicted octanol–water partition coefficient (Wildman–Crippen LogP) is 4.38. The van der Waals surface area contributed by atoms with Crippen LogP contribution in [0.25, 0.3) is 10.9 Å². The number of hydrogen-bond acceptors (Lipinski definition) is 4. The average Bonchev–Trinajstić information content (AvgIpc) is 3.21. The highest BCUT2D eigenvalue weighted by Gasteiger charge is 2.29. The van der Waals surface area contributed by atoms with E-state index in [1.54, 1.807) is 7.11 Å². The van der Waals surface area contributed by atoms with Gasteiger partial charge in [0.05, 0.1) is 7.11 Å². The number of piperidine rings is 1. The standard InChI is InChI=1S/C23H29N2O3P/c1-15-9-11-25(21(12-15)17-4-6-18(7-5-17)29(26)27)14-20-19-8-10-24-23(19)16(2)13-22(20)28-3/h4-8,10,13,15,21,24,26-27H,9,11-12,14H2,1-3H3/t15?,21-/m1/s1. The van der Waals surface area contributed by atoms with Gasteiger partial charge in [-0.3, -0.25) is 4.90 Å². The maximum atomic E-state index is 9.47. The van der Waals surface area contributed by atoms with E-state index >= 15 is 0 Å². The highest BCUT2D eigenvalue weighted by atomic mass is 31.2. The van der Waals surface area contributed by atoms with Gasteiger partial charge in [-0.05, 0) is 67.6 Å². The molecule has 0 amide bonds. The molecule has 4 rings (SSSR count). The Morgan fingerprint density at radius 1 is 1.21 bits per heavy atom. The molecule has 1 aliphatic heterocycles. The van der Waals surface area contributed by atoms with Gasteiger partial charge < -0.3 is 19.5 Å². The Morgan fingerprint density at radius 2 is 1.97 bits per heavy atom.